The third-order valence-electron chi connectivity index (χ3n) is 3.99. The van der Waals surface area contributed by atoms with Gasteiger partial charge in [0.05, 0.1) is 5.69 Å². The Labute approximate surface area is 118 Å². The number of benzene rings is 1. The molecule has 0 aromatic heterocycles. The summed E-state index contributed by atoms with van der Waals surface area (Å²) in [6, 6.07) is 5.56. The molecule has 1 fully saturated rings. The van der Waals surface area contributed by atoms with E-state index in [1.807, 2.05) is 12.1 Å². The molecule has 18 heavy (non-hydrogen) atoms. The Morgan fingerprint density at radius 1 is 1.33 bits per heavy atom. The van der Waals surface area contributed by atoms with E-state index in [1.54, 1.807) is 6.07 Å². The van der Waals surface area contributed by atoms with E-state index in [-0.39, 0.29) is 5.82 Å². The molecule has 0 bridgehead atoms. The van der Waals surface area contributed by atoms with E-state index < -0.39 is 0 Å². The highest BCUT2D eigenvalue weighted by Crippen LogP contribution is 2.29. The van der Waals surface area contributed by atoms with E-state index in [0.717, 1.165) is 36.2 Å². The molecule has 1 heterocycles. The monoisotopic (exact) mass is 313 g/mol. The molecular weight excluding hydrogens is 293 g/mol. The fourth-order valence-corrected chi connectivity index (χ4v) is 3.05. The van der Waals surface area contributed by atoms with Gasteiger partial charge in [0.25, 0.3) is 0 Å². The number of halogens is 2. The topological polar surface area (TPSA) is 3.24 Å². The SMILES string of the molecule is CC(C)C1CCN(c2ccc(CBr)cc2F)CC1. The minimum absolute atomic E-state index is 0.0880. The summed E-state index contributed by atoms with van der Waals surface area (Å²) in [4.78, 5) is 2.19. The van der Waals surface area contributed by atoms with Gasteiger partial charge in [0.15, 0.2) is 0 Å². The standard InChI is InChI=1S/C15H21BrFN/c1-11(2)13-5-7-18(8-6-13)15-4-3-12(10-16)9-14(15)17/h3-4,9,11,13H,5-8,10H2,1-2H3. The lowest BCUT2D eigenvalue weighted by atomic mass is 9.86. The summed E-state index contributed by atoms with van der Waals surface area (Å²) < 4.78 is 14.0. The fourth-order valence-electron chi connectivity index (χ4n) is 2.70. The zero-order chi connectivity index (χ0) is 13.1. The molecule has 0 aliphatic carbocycles. The lowest BCUT2D eigenvalue weighted by Gasteiger charge is -2.35. The second kappa shape index (κ2) is 6.05. The molecule has 0 amide bonds. The average Bonchev–Trinajstić information content (AvgIpc) is 2.38. The molecule has 100 valence electrons. The van der Waals surface area contributed by atoms with Crippen molar-refractivity contribution < 1.29 is 4.39 Å². The smallest absolute Gasteiger partial charge is 0.146 e. The van der Waals surface area contributed by atoms with Crippen molar-refractivity contribution in [1.29, 1.82) is 0 Å². The Morgan fingerprint density at radius 3 is 2.50 bits per heavy atom. The predicted octanol–water partition coefficient (Wildman–Crippen LogP) is 4.59. The summed E-state index contributed by atoms with van der Waals surface area (Å²) >= 11 is 3.36. The van der Waals surface area contributed by atoms with Crippen LogP contribution in [0.2, 0.25) is 0 Å². The van der Waals surface area contributed by atoms with E-state index in [4.69, 9.17) is 0 Å². The largest absolute Gasteiger partial charge is 0.369 e. The number of nitrogens with zero attached hydrogens (tertiary/aromatic N) is 1. The Morgan fingerprint density at radius 2 is 2.00 bits per heavy atom. The van der Waals surface area contributed by atoms with Crippen molar-refractivity contribution in [3.63, 3.8) is 0 Å². The van der Waals surface area contributed by atoms with Crippen molar-refractivity contribution in [1.82, 2.24) is 0 Å². The van der Waals surface area contributed by atoms with Crippen molar-refractivity contribution in [2.24, 2.45) is 11.8 Å². The minimum Gasteiger partial charge on any atom is -0.369 e. The van der Waals surface area contributed by atoms with Crippen LogP contribution < -0.4 is 4.90 Å². The minimum atomic E-state index is -0.0880. The van der Waals surface area contributed by atoms with Crippen LogP contribution in [0.3, 0.4) is 0 Å². The summed E-state index contributed by atoms with van der Waals surface area (Å²) in [5.74, 6) is 1.45. The van der Waals surface area contributed by atoms with Crippen LogP contribution in [0.4, 0.5) is 10.1 Å². The number of hydrogen-bond acceptors (Lipinski definition) is 1. The Bertz CT molecular complexity index is 397. The molecule has 2 rings (SSSR count). The number of rotatable bonds is 3. The number of piperidine rings is 1. The zero-order valence-corrected chi connectivity index (χ0v) is 12.7. The van der Waals surface area contributed by atoms with Gasteiger partial charge in [-0.15, -0.1) is 0 Å². The molecular formula is C15H21BrFN. The first-order valence-electron chi connectivity index (χ1n) is 6.71. The third-order valence-corrected chi connectivity index (χ3v) is 4.64. The lowest BCUT2D eigenvalue weighted by molar-refractivity contribution is 0.310. The second-order valence-electron chi connectivity index (χ2n) is 5.49. The van der Waals surface area contributed by atoms with Gasteiger partial charge in [-0.05, 0) is 42.4 Å². The van der Waals surface area contributed by atoms with Crippen LogP contribution in [0.5, 0.6) is 0 Å². The highest BCUT2D eigenvalue weighted by atomic mass is 79.9. The van der Waals surface area contributed by atoms with Crippen LogP contribution in [0.25, 0.3) is 0 Å². The lowest BCUT2D eigenvalue weighted by Crippen LogP contribution is -2.35. The number of hydrogen-bond donors (Lipinski definition) is 0. The number of alkyl halides is 1. The molecule has 1 nitrogen and oxygen atoms in total. The molecule has 3 heteroatoms. The van der Waals surface area contributed by atoms with Crippen LogP contribution >= 0.6 is 15.9 Å². The molecule has 1 aromatic carbocycles. The maximum Gasteiger partial charge on any atom is 0.146 e. The summed E-state index contributed by atoms with van der Waals surface area (Å²) in [6.07, 6.45) is 2.36. The van der Waals surface area contributed by atoms with E-state index in [2.05, 4.69) is 34.7 Å². The summed E-state index contributed by atoms with van der Waals surface area (Å²) in [5, 5.41) is 0.708. The normalized spacial score (nSPS) is 17.5. The number of anilines is 1. The van der Waals surface area contributed by atoms with E-state index in [9.17, 15) is 4.39 Å². The van der Waals surface area contributed by atoms with Crippen LogP contribution in [-0.4, -0.2) is 13.1 Å². The van der Waals surface area contributed by atoms with Gasteiger partial charge in [0.1, 0.15) is 5.82 Å². The van der Waals surface area contributed by atoms with Gasteiger partial charge in [-0.2, -0.15) is 0 Å². The van der Waals surface area contributed by atoms with Crippen LogP contribution in [0.1, 0.15) is 32.3 Å². The summed E-state index contributed by atoms with van der Waals surface area (Å²) in [6.45, 7) is 6.53. The van der Waals surface area contributed by atoms with Gasteiger partial charge < -0.3 is 4.90 Å². The maximum absolute atomic E-state index is 14.0. The molecule has 0 atom stereocenters. The molecule has 0 spiro atoms. The van der Waals surface area contributed by atoms with Crippen LogP contribution in [0, 0.1) is 17.7 Å². The van der Waals surface area contributed by atoms with Gasteiger partial charge >= 0.3 is 0 Å². The van der Waals surface area contributed by atoms with Gasteiger partial charge in [0, 0.05) is 18.4 Å². The molecule has 0 radical (unpaired) electrons. The van der Waals surface area contributed by atoms with Gasteiger partial charge in [-0.1, -0.05) is 35.8 Å². The molecule has 1 aromatic rings. The summed E-state index contributed by atoms with van der Waals surface area (Å²) in [5.41, 5.74) is 1.76. The first-order chi connectivity index (χ1) is 8.61. The second-order valence-corrected chi connectivity index (χ2v) is 6.05. The van der Waals surface area contributed by atoms with Gasteiger partial charge in [0.2, 0.25) is 0 Å². The zero-order valence-electron chi connectivity index (χ0n) is 11.1. The first kappa shape index (κ1) is 13.9. The third kappa shape index (κ3) is 3.05. The molecule has 1 aliphatic rings. The Kier molecular flexibility index (Phi) is 4.66. The highest BCUT2D eigenvalue weighted by molar-refractivity contribution is 9.08. The highest BCUT2D eigenvalue weighted by Gasteiger charge is 2.23. The molecule has 0 unspecified atom stereocenters. The summed E-state index contributed by atoms with van der Waals surface area (Å²) in [7, 11) is 0. The Balaban J connectivity index is 2.05. The molecule has 1 saturated heterocycles. The van der Waals surface area contributed by atoms with Crippen LogP contribution in [0.15, 0.2) is 18.2 Å². The van der Waals surface area contributed by atoms with E-state index in [1.165, 1.54) is 12.8 Å². The average molecular weight is 314 g/mol. The molecule has 0 N–H and O–H groups in total. The van der Waals surface area contributed by atoms with Crippen molar-refractivity contribution in [2.75, 3.05) is 18.0 Å². The van der Waals surface area contributed by atoms with Gasteiger partial charge in [-0.25, -0.2) is 4.39 Å². The predicted molar refractivity (Wildman–Crippen MR) is 78.8 cm³/mol. The quantitative estimate of drug-likeness (QED) is 0.737. The molecule has 0 saturated carbocycles. The Hall–Kier alpha value is -0.570. The van der Waals surface area contributed by atoms with E-state index >= 15 is 0 Å². The van der Waals surface area contributed by atoms with E-state index in [0.29, 0.717) is 5.33 Å². The molecule has 1 aliphatic heterocycles. The van der Waals surface area contributed by atoms with Crippen LogP contribution in [-0.2, 0) is 5.33 Å². The fraction of sp³-hybridized carbons (Fsp3) is 0.600. The van der Waals surface area contributed by atoms with Gasteiger partial charge in [-0.3, -0.25) is 0 Å². The van der Waals surface area contributed by atoms with Crippen molar-refractivity contribution in [3.05, 3.63) is 29.6 Å². The van der Waals surface area contributed by atoms with Crippen molar-refractivity contribution in [3.8, 4) is 0 Å². The first-order valence-corrected chi connectivity index (χ1v) is 7.83. The van der Waals surface area contributed by atoms with Crippen molar-refractivity contribution in [2.45, 2.75) is 32.0 Å². The maximum atomic E-state index is 14.0. The van der Waals surface area contributed by atoms with Crippen molar-refractivity contribution >= 4 is 21.6 Å².